The van der Waals surface area contributed by atoms with Crippen LogP contribution in [0.15, 0.2) is 21.5 Å². The Morgan fingerprint density at radius 2 is 2.05 bits per heavy atom. The summed E-state index contributed by atoms with van der Waals surface area (Å²) >= 11 is 3.21. The summed E-state index contributed by atoms with van der Waals surface area (Å²) in [6, 6.07) is 2.98. The fourth-order valence-electron chi connectivity index (χ4n) is 2.31. The second-order valence-electron chi connectivity index (χ2n) is 4.92. The smallest absolute Gasteiger partial charge is 0.254 e. The quantitative estimate of drug-likeness (QED) is 0.775. The van der Waals surface area contributed by atoms with E-state index in [9.17, 15) is 13.2 Å². The molecular weight excluding hydrogens is 382 g/mol. The third-order valence-electron chi connectivity index (χ3n) is 3.37. The number of likely N-dealkylation sites (tertiary alicyclic amines) is 1. The van der Waals surface area contributed by atoms with Crippen LogP contribution in [0.2, 0.25) is 0 Å². The Balaban J connectivity index is 0.00000220. The van der Waals surface area contributed by atoms with E-state index in [2.05, 4.69) is 15.9 Å². The van der Waals surface area contributed by atoms with Crippen LogP contribution in [0.1, 0.15) is 22.3 Å². The van der Waals surface area contributed by atoms with Crippen LogP contribution >= 0.6 is 28.3 Å². The highest BCUT2D eigenvalue weighted by molar-refractivity contribution is 9.10. The van der Waals surface area contributed by atoms with E-state index in [4.69, 9.17) is 10.9 Å². The van der Waals surface area contributed by atoms with Gasteiger partial charge in [0, 0.05) is 29.2 Å². The number of sulfonamides is 1. The first kappa shape index (κ1) is 18.4. The summed E-state index contributed by atoms with van der Waals surface area (Å²) in [4.78, 5) is 14.0. The van der Waals surface area contributed by atoms with Crippen LogP contribution in [0.5, 0.6) is 0 Å². The zero-order chi connectivity index (χ0) is 15.1. The highest BCUT2D eigenvalue weighted by Gasteiger charge is 2.27. The molecule has 0 aromatic heterocycles. The molecular formula is C12H17BrClN3O3S. The Bertz CT molecular complexity index is 666. The first-order valence-electron chi connectivity index (χ1n) is 6.08. The molecule has 118 valence electrons. The summed E-state index contributed by atoms with van der Waals surface area (Å²) in [6.07, 6.45) is 0.751. The Morgan fingerprint density at radius 3 is 2.52 bits per heavy atom. The average Bonchev–Trinajstić information content (AvgIpc) is 2.76. The van der Waals surface area contributed by atoms with Crippen molar-refractivity contribution in [3.05, 3.63) is 27.7 Å². The predicted molar refractivity (Wildman–Crippen MR) is 86.0 cm³/mol. The van der Waals surface area contributed by atoms with Crippen LogP contribution in [-0.2, 0) is 10.0 Å². The maximum absolute atomic E-state index is 12.5. The first-order chi connectivity index (χ1) is 9.20. The lowest BCUT2D eigenvalue weighted by Crippen LogP contribution is -2.32. The number of hydrogen-bond acceptors (Lipinski definition) is 4. The largest absolute Gasteiger partial charge is 0.337 e. The van der Waals surface area contributed by atoms with Crippen molar-refractivity contribution in [2.75, 3.05) is 13.1 Å². The Hall–Kier alpha value is -0.670. The molecule has 0 radical (unpaired) electrons. The van der Waals surface area contributed by atoms with E-state index in [1.54, 1.807) is 17.9 Å². The van der Waals surface area contributed by atoms with E-state index in [1.165, 1.54) is 6.07 Å². The molecule has 1 saturated heterocycles. The number of carbonyl (C=O) groups excluding carboxylic acids is 1. The average molecular weight is 399 g/mol. The summed E-state index contributed by atoms with van der Waals surface area (Å²) in [7, 11) is -3.87. The minimum absolute atomic E-state index is 0. The lowest BCUT2D eigenvalue weighted by atomic mass is 10.1. The third-order valence-corrected chi connectivity index (χ3v) is 4.87. The van der Waals surface area contributed by atoms with Gasteiger partial charge >= 0.3 is 0 Å². The molecule has 1 fully saturated rings. The van der Waals surface area contributed by atoms with Crippen LogP contribution in [0, 0.1) is 6.92 Å². The molecule has 0 spiro atoms. The van der Waals surface area contributed by atoms with Gasteiger partial charge in [-0.05, 0) is 31.0 Å². The molecule has 21 heavy (non-hydrogen) atoms. The van der Waals surface area contributed by atoms with Crippen LogP contribution < -0.4 is 10.9 Å². The van der Waals surface area contributed by atoms with Crippen molar-refractivity contribution < 1.29 is 13.2 Å². The van der Waals surface area contributed by atoms with Crippen molar-refractivity contribution in [3.8, 4) is 0 Å². The van der Waals surface area contributed by atoms with Crippen molar-refractivity contribution in [2.45, 2.75) is 24.3 Å². The lowest BCUT2D eigenvalue weighted by Gasteiger charge is -2.18. The molecule has 1 atom stereocenters. The van der Waals surface area contributed by atoms with Gasteiger partial charge in [0.2, 0.25) is 10.0 Å². The van der Waals surface area contributed by atoms with E-state index in [0.29, 0.717) is 28.7 Å². The molecule has 1 heterocycles. The number of amides is 1. The highest BCUT2D eigenvalue weighted by Crippen LogP contribution is 2.26. The first-order valence-corrected chi connectivity index (χ1v) is 8.42. The van der Waals surface area contributed by atoms with Crippen LogP contribution in [0.4, 0.5) is 0 Å². The number of nitrogens with two attached hydrogens (primary N) is 2. The van der Waals surface area contributed by atoms with Gasteiger partial charge in [0.05, 0.1) is 4.90 Å². The molecule has 9 heteroatoms. The Kier molecular flexibility index (Phi) is 5.79. The number of nitrogens with zero attached hydrogens (tertiary/aromatic N) is 1. The number of rotatable bonds is 2. The molecule has 4 N–H and O–H groups in total. The molecule has 0 bridgehead atoms. The molecule has 1 aromatic rings. The molecule has 6 nitrogen and oxygen atoms in total. The van der Waals surface area contributed by atoms with Crippen molar-refractivity contribution in [1.29, 1.82) is 0 Å². The monoisotopic (exact) mass is 397 g/mol. The number of benzene rings is 1. The van der Waals surface area contributed by atoms with Gasteiger partial charge in [-0.15, -0.1) is 12.4 Å². The Morgan fingerprint density at radius 1 is 1.43 bits per heavy atom. The molecule has 0 saturated carbocycles. The van der Waals surface area contributed by atoms with Gasteiger partial charge in [0.1, 0.15) is 0 Å². The summed E-state index contributed by atoms with van der Waals surface area (Å²) in [5, 5.41) is 5.18. The lowest BCUT2D eigenvalue weighted by molar-refractivity contribution is 0.0790. The van der Waals surface area contributed by atoms with Crippen LogP contribution in [0.25, 0.3) is 0 Å². The summed E-state index contributed by atoms with van der Waals surface area (Å²) in [6.45, 7) is 2.64. The van der Waals surface area contributed by atoms with Gasteiger partial charge in [-0.1, -0.05) is 15.9 Å². The fourth-order valence-corrected chi connectivity index (χ4v) is 3.75. The second kappa shape index (κ2) is 6.62. The van der Waals surface area contributed by atoms with Crippen molar-refractivity contribution in [2.24, 2.45) is 10.9 Å². The molecule has 1 aliphatic heterocycles. The van der Waals surface area contributed by atoms with Gasteiger partial charge in [-0.2, -0.15) is 0 Å². The van der Waals surface area contributed by atoms with Gasteiger partial charge in [0.25, 0.3) is 5.91 Å². The van der Waals surface area contributed by atoms with Crippen molar-refractivity contribution in [3.63, 3.8) is 0 Å². The zero-order valence-corrected chi connectivity index (χ0v) is 14.6. The summed E-state index contributed by atoms with van der Waals surface area (Å²) < 4.78 is 23.6. The van der Waals surface area contributed by atoms with Crippen LogP contribution in [0.3, 0.4) is 0 Å². The number of hydrogen-bond donors (Lipinski definition) is 2. The molecule has 1 aliphatic rings. The highest BCUT2D eigenvalue weighted by atomic mass is 79.9. The Labute approximate surface area is 138 Å². The van der Waals surface area contributed by atoms with E-state index in [1.807, 2.05) is 0 Å². The van der Waals surface area contributed by atoms with Gasteiger partial charge in [-0.3, -0.25) is 4.79 Å². The minimum Gasteiger partial charge on any atom is -0.337 e. The maximum atomic E-state index is 12.5. The fraction of sp³-hybridized carbons (Fsp3) is 0.417. The van der Waals surface area contributed by atoms with E-state index < -0.39 is 10.0 Å². The predicted octanol–water partition coefficient (Wildman–Crippen LogP) is 1.000. The third kappa shape index (κ3) is 3.95. The zero-order valence-electron chi connectivity index (χ0n) is 11.4. The number of halogens is 2. The van der Waals surface area contributed by atoms with Gasteiger partial charge in [-0.25, -0.2) is 13.6 Å². The SMILES string of the molecule is Cc1c(C(=O)N2CCC(N)C2)cc(Br)cc1S(N)(=O)=O.Cl. The maximum Gasteiger partial charge on any atom is 0.254 e. The number of primary sulfonamides is 1. The van der Waals surface area contributed by atoms with E-state index in [-0.39, 0.29) is 29.3 Å². The molecule has 0 aliphatic carbocycles. The molecule has 2 rings (SSSR count). The normalized spacial score (nSPS) is 18.5. The summed E-state index contributed by atoms with van der Waals surface area (Å²) in [5.74, 6) is -0.221. The number of carbonyl (C=O) groups is 1. The van der Waals surface area contributed by atoms with E-state index in [0.717, 1.165) is 6.42 Å². The van der Waals surface area contributed by atoms with Crippen LogP contribution in [-0.4, -0.2) is 38.4 Å². The minimum atomic E-state index is -3.87. The topological polar surface area (TPSA) is 106 Å². The van der Waals surface area contributed by atoms with E-state index >= 15 is 0 Å². The molecule has 1 unspecified atom stereocenters. The van der Waals surface area contributed by atoms with Crippen molar-refractivity contribution >= 4 is 44.3 Å². The molecule has 1 aromatic carbocycles. The van der Waals surface area contributed by atoms with Crippen molar-refractivity contribution in [1.82, 2.24) is 4.90 Å². The standard InChI is InChI=1S/C12H16BrN3O3S.ClH/c1-7-10(12(17)16-3-2-9(14)6-16)4-8(13)5-11(7)20(15,18)19;/h4-5,9H,2-3,6,14H2,1H3,(H2,15,18,19);1H. The van der Waals surface area contributed by atoms with Gasteiger partial charge in [0.15, 0.2) is 0 Å². The van der Waals surface area contributed by atoms with Gasteiger partial charge < -0.3 is 10.6 Å². The molecule has 1 amide bonds. The summed E-state index contributed by atoms with van der Waals surface area (Å²) in [5.41, 5.74) is 6.48. The second-order valence-corrected chi connectivity index (χ2v) is 7.37.